The lowest BCUT2D eigenvalue weighted by Crippen LogP contribution is -2.58. The van der Waals surface area contributed by atoms with Crippen molar-refractivity contribution in [3.05, 3.63) is 0 Å². The van der Waals surface area contributed by atoms with Crippen LogP contribution in [0.4, 0.5) is 0 Å². The Kier molecular flexibility index (Phi) is 4.77. The molecular formula is C28H43NO3. The maximum atomic E-state index is 12.2. The number of ether oxygens (including phenoxy) is 1. The van der Waals surface area contributed by atoms with E-state index in [2.05, 4.69) is 27.7 Å². The third-order valence-electron chi connectivity index (χ3n) is 12.3. The van der Waals surface area contributed by atoms with Gasteiger partial charge in [-0.05, 0) is 97.7 Å². The van der Waals surface area contributed by atoms with Gasteiger partial charge in [-0.2, -0.15) is 0 Å². The van der Waals surface area contributed by atoms with E-state index in [1.165, 1.54) is 32.1 Å². The molecule has 4 nitrogen and oxygen atoms in total. The number of carbonyl (C=O) groups excluding carboxylic acids is 2. The van der Waals surface area contributed by atoms with Crippen LogP contribution in [0.2, 0.25) is 0 Å². The molecule has 0 N–H and O–H groups in total. The smallest absolute Gasteiger partial charge is 0.211 e. The highest BCUT2D eigenvalue weighted by Gasteiger charge is 2.69. The van der Waals surface area contributed by atoms with Crippen molar-refractivity contribution < 1.29 is 14.3 Å². The SMILES string of the molecule is C[C@H]1CC[C@@]2(OC3CC4[C@@H]5CCC6CC(=O)CC[C@]6(C)C5CC[C@]4(C)C3[C@@H]2C)N(C=O)C1. The van der Waals surface area contributed by atoms with Gasteiger partial charge in [0, 0.05) is 25.3 Å². The molecule has 1 spiro atoms. The predicted molar refractivity (Wildman–Crippen MR) is 124 cm³/mol. The van der Waals surface area contributed by atoms with Crippen LogP contribution in [0.25, 0.3) is 0 Å². The van der Waals surface area contributed by atoms with Crippen LogP contribution in [0.1, 0.15) is 91.9 Å². The summed E-state index contributed by atoms with van der Waals surface area (Å²) in [6, 6.07) is 0. The van der Waals surface area contributed by atoms with Crippen LogP contribution in [0.5, 0.6) is 0 Å². The minimum absolute atomic E-state index is 0.313. The summed E-state index contributed by atoms with van der Waals surface area (Å²) in [6.45, 7) is 10.6. The first-order valence-corrected chi connectivity index (χ1v) is 13.6. The van der Waals surface area contributed by atoms with Gasteiger partial charge in [0.15, 0.2) is 0 Å². The molecule has 0 aromatic rings. The van der Waals surface area contributed by atoms with Gasteiger partial charge in [-0.3, -0.25) is 9.59 Å². The second kappa shape index (κ2) is 7.06. The van der Waals surface area contributed by atoms with E-state index in [0.717, 1.165) is 62.8 Å². The first-order valence-electron chi connectivity index (χ1n) is 13.6. The van der Waals surface area contributed by atoms with Crippen molar-refractivity contribution in [2.45, 2.75) is 104 Å². The van der Waals surface area contributed by atoms with E-state index in [1.807, 2.05) is 4.90 Å². The van der Waals surface area contributed by atoms with Gasteiger partial charge in [-0.1, -0.05) is 27.7 Å². The normalized spacial score (nSPS) is 57.0. The summed E-state index contributed by atoms with van der Waals surface area (Å²) in [5, 5.41) is 0. The average molecular weight is 442 g/mol. The second-order valence-electron chi connectivity index (χ2n) is 13.4. The number of Topliss-reactive ketones (excluding diaryl/α,β-unsaturated/α-hetero) is 1. The molecule has 1 amide bonds. The van der Waals surface area contributed by atoms with Crippen LogP contribution in [0.15, 0.2) is 0 Å². The molecular weight excluding hydrogens is 398 g/mol. The lowest BCUT2D eigenvalue weighted by Gasteiger charge is -2.60. The topological polar surface area (TPSA) is 46.6 Å². The van der Waals surface area contributed by atoms with E-state index in [1.54, 1.807) is 0 Å². The van der Waals surface area contributed by atoms with Crippen LogP contribution in [0.3, 0.4) is 0 Å². The number of carbonyl (C=O) groups is 2. The largest absolute Gasteiger partial charge is 0.352 e. The molecule has 2 heterocycles. The Hall–Kier alpha value is -0.900. The van der Waals surface area contributed by atoms with Crippen LogP contribution < -0.4 is 0 Å². The molecule has 11 atom stereocenters. The maximum absolute atomic E-state index is 12.2. The highest BCUT2D eigenvalue weighted by Crippen LogP contribution is 2.71. The minimum Gasteiger partial charge on any atom is -0.352 e. The van der Waals surface area contributed by atoms with Crippen molar-refractivity contribution >= 4 is 12.2 Å². The highest BCUT2D eigenvalue weighted by atomic mass is 16.5. The summed E-state index contributed by atoms with van der Waals surface area (Å²) in [4.78, 5) is 26.3. The van der Waals surface area contributed by atoms with E-state index in [0.29, 0.717) is 46.4 Å². The number of amides is 1. The van der Waals surface area contributed by atoms with Crippen molar-refractivity contribution in [2.75, 3.05) is 6.54 Å². The van der Waals surface area contributed by atoms with Gasteiger partial charge < -0.3 is 9.64 Å². The first-order chi connectivity index (χ1) is 15.2. The number of piperidine rings is 1. The van der Waals surface area contributed by atoms with Crippen LogP contribution in [-0.4, -0.2) is 35.5 Å². The molecule has 5 unspecified atom stereocenters. The van der Waals surface area contributed by atoms with Crippen LogP contribution in [-0.2, 0) is 14.3 Å². The molecule has 6 rings (SSSR count). The monoisotopic (exact) mass is 441 g/mol. The molecule has 0 aromatic heterocycles. The van der Waals surface area contributed by atoms with Crippen LogP contribution >= 0.6 is 0 Å². The molecule has 6 aliphatic rings. The fourth-order valence-corrected chi connectivity index (χ4v) is 10.7. The van der Waals surface area contributed by atoms with Crippen molar-refractivity contribution in [1.29, 1.82) is 0 Å². The van der Waals surface area contributed by atoms with Gasteiger partial charge in [0.05, 0.1) is 6.10 Å². The predicted octanol–water partition coefficient (Wildman–Crippen LogP) is 5.44. The number of fused-ring (bicyclic) bond motifs is 7. The Morgan fingerprint density at radius 3 is 2.59 bits per heavy atom. The molecule has 2 saturated heterocycles. The molecule has 0 bridgehead atoms. The Morgan fingerprint density at radius 2 is 1.81 bits per heavy atom. The standard InChI is InChI=1S/C28H43NO3/c1-17-7-12-28(29(15-17)16-30)18(2)25-24(32-28)14-23-21-6-5-19-13-20(31)8-10-26(19,3)22(21)9-11-27(23,25)4/h16-19,21-25H,5-15H2,1-4H3/t17-,18-,19?,21+,22?,23?,24?,25?,26-,27-,28-/m0/s1. The average Bonchev–Trinajstić information content (AvgIpc) is 3.21. The Morgan fingerprint density at radius 1 is 1.00 bits per heavy atom. The van der Waals surface area contributed by atoms with Crippen LogP contribution in [0, 0.1) is 52.3 Å². The van der Waals surface area contributed by atoms with Gasteiger partial charge in [0.2, 0.25) is 6.41 Å². The summed E-state index contributed by atoms with van der Waals surface area (Å²) >= 11 is 0. The molecule has 4 heteroatoms. The maximum Gasteiger partial charge on any atom is 0.211 e. The zero-order valence-electron chi connectivity index (χ0n) is 20.6. The Balaban J connectivity index is 1.28. The molecule has 2 aliphatic heterocycles. The zero-order valence-corrected chi connectivity index (χ0v) is 20.6. The van der Waals surface area contributed by atoms with Crippen molar-refractivity contribution in [2.24, 2.45) is 52.3 Å². The number of hydrogen-bond acceptors (Lipinski definition) is 3. The molecule has 178 valence electrons. The molecule has 6 fully saturated rings. The number of ketones is 1. The fraction of sp³-hybridized carbons (Fsp3) is 0.929. The van der Waals surface area contributed by atoms with Crippen molar-refractivity contribution in [1.82, 2.24) is 4.90 Å². The highest BCUT2D eigenvalue weighted by molar-refractivity contribution is 5.79. The third-order valence-corrected chi connectivity index (χ3v) is 12.3. The van der Waals surface area contributed by atoms with Gasteiger partial charge in [0.1, 0.15) is 11.5 Å². The van der Waals surface area contributed by atoms with Crippen molar-refractivity contribution in [3.63, 3.8) is 0 Å². The summed E-state index contributed by atoms with van der Waals surface area (Å²) in [5.41, 5.74) is 0.346. The summed E-state index contributed by atoms with van der Waals surface area (Å²) in [5.74, 6) is 5.03. The van der Waals surface area contributed by atoms with E-state index < -0.39 is 0 Å². The van der Waals surface area contributed by atoms with Crippen molar-refractivity contribution in [3.8, 4) is 0 Å². The van der Waals surface area contributed by atoms with Gasteiger partial charge >= 0.3 is 0 Å². The molecule has 0 aromatic carbocycles. The molecule has 4 aliphatic carbocycles. The molecule has 4 saturated carbocycles. The fourth-order valence-electron chi connectivity index (χ4n) is 10.7. The zero-order chi connectivity index (χ0) is 22.5. The first kappa shape index (κ1) is 21.6. The molecule has 0 radical (unpaired) electrons. The quantitative estimate of drug-likeness (QED) is 0.509. The van der Waals surface area contributed by atoms with Gasteiger partial charge in [0.25, 0.3) is 0 Å². The summed E-state index contributed by atoms with van der Waals surface area (Å²) in [6.07, 6.45) is 12.7. The lowest BCUT2D eigenvalue weighted by molar-refractivity contribution is -0.194. The van der Waals surface area contributed by atoms with E-state index >= 15 is 0 Å². The Bertz CT molecular complexity index is 812. The molecule has 32 heavy (non-hydrogen) atoms. The second-order valence-corrected chi connectivity index (χ2v) is 13.4. The van der Waals surface area contributed by atoms with E-state index in [-0.39, 0.29) is 5.72 Å². The minimum atomic E-state index is -0.359. The number of hydrogen-bond donors (Lipinski definition) is 0. The summed E-state index contributed by atoms with van der Waals surface area (Å²) < 4.78 is 7.01. The van der Waals surface area contributed by atoms with E-state index in [9.17, 15) is 9.59 Å². The summed E-state index contributed by atoms with van der Waals surface area (Å²) in [7, 11) is 0. The van der Waals surface area contributed by atoms with E-state index in [4.69, 9.17) is 4.74 Å². The number of likely N-dealkylation sites (tertiary alicyclic amines) is 1. The van der Waals surface area contributed by atoms with Gasteiger partial charge in [-0.15, -0.1) is 0 Å². The Labute approximate surface area is 194 Å². The number of nitrogens with zero attached hydrogens (tertiary/aromatic N) is 1. The number of rotatable bonds is 1. The lowest BCUT2D eigenvalue weighted by atomic mass is 9.44. The third kappa shape index (κ3) is 2.65. The van der Waals surface area contributed by atoms with Gasteiger partial charge in [-0.25, -0.2) is 0 Å².